The van der Waals surface area contributed by atoms with Crippen molar-refractivity contribution in [3.05, 3.63) is 182 Å². The van der Waals surface area contributed by atoms with Crippen LogP contribution in [0, 0.1) is 0 Å². The topological polar surface area (TPSA) is 35.6 Å². The minimum absolute atomic E-state index is 0.813. The number of rotatable bonds is 3. The van der Waals surface area contributed by atoms with Crippen LogP contribution >= 0.6 is 11.3 Å². The highest BCUT2D eigenvalue weighted by molar-refractivity contribution is 7.25. The second kappa shape index (κ2) is 11.6. The Bertz CT molecular complexity index is 3830. The Kier molecular flexibility index (Phi) is 6.29. The number of hydrogen-bond acceptors (Lipinski definition) is 3. The van der Waals surface area contributed by atoms with E-state index < -0.39 is 0 Å². The van der Waals surface area contributed by atoms with E-state index in [4.69, 9.17) is 9.97 Å². The zero-order chi connectivity index (χ0) is 37.2. The fourth-order valence-electron chi connectivity index (χ4n) is 9.29. The molecule has 0 saturated heterocycles. The molecule has 0 aliphatic carbocycles. The molecule has 4 nitrogen and oxygen atoms in total. The molecule has 0 aliphatic heterocycles. The van der Waals surface area contributed by atoms with Crippen LogP contribution in [0.4, 0.5) is 0 Å². The van der Waals surface area contributed by atoms with E-state index in [1.165, 1.54) is 74.3 Å². The molecule has 13 aromatic rings. The molecule has 4 heterocycles. The molecule has 0 unspecified atom stereocenters. The molecule has 0 N–H and O–H groups in total. The van der Waals surface area contributed by atoms with Gasteiger partial charge < -0.3 is 4.57 Å². The van der Waals surface area contributed by atoms with E-state index in [2.05, 4.69) is 179 Å². The maximum atomic E-state index is 5.53. The van der Waals surface area contributed by atoms with Gasteiger partial charge in [0, 0.05) is 53.0 Å². The first-order valence-corrected chi connectivity index (χ1v) is 20.1. The van der Waals surface area contributed by atoms with E-state index in [9.17, 15) is 0 Å². The van der Waals surface area contributed by atoms with Crippen molar-refractivity contribution in [2.45, 2.75) is 0 Å². The Morgan fingerprint density at radius 2 is 1.05 bits per heavy atom. The molecule has 0 aliphatic rings. The minimum atomic E-state index is 0.813. The zero-order valence-electron chi connectivity index (χ0n) is 30.5. The summed E-state index contributed by atoms with van der Waals surface area (Å²) in [5.41, 5.74) is 9.27. The molecule has 5 heteroatoms. The maximum Gasteiger partial charge on any atom is 0.165 e. The number of hydrogen-bond donors (Lipinski definition) is 0. The summed E-state index contributed by atoms with van der Waals surface area (Å²) in [5, 5.41) is 12.3. The third-order valence-electron chi connectivity index (χ3n) is 11.9. The van der Waals surface area contributed by atoms with Crippen molar-refractivity contribution >= 4 is 108 Å². The monoisotopic (exact) mass is 742 g/mol. The Labute approximate surface area is 330 Å². The smallest absolute Gasteiger partial charge is 0.165 e. The lowest BCUT2D eigenvalue weighted by molar-refractivity contribution is 1.08. The van der Waals surface area contributed by atoms with Crippen molar-refractivity contribution < 1.29 is 0 Å². The van der Waals surface area contributed by atoms with Gasteiger partial charge >= 0.3 is 0 Å². The van der Waals surface area contributed by atoms with E-state index in [0.717, 1.165) is 44.8 Å². The molecule has 4 aromatic heterocycles. The van der Waals surface area contributed by atoms with Gasteiger partial charge in [-0.1, -0.05) is 115 Å². The SMILES string of the molecule is c1ccc2cc3c(cc2c1)c1ccccc1n3-c1ccc2c3c4ccccc4ccc3n(-c3nc4ccccc4nc3-c3ccc4sc5ccccc5c4c3)c2c1. The number of para-hydroxylation sites is 3. The maximum absolute atomic E-state index is 5.53. The first-order valence-electron chi connectivity index (χ1n) is 19.3. The van der Waals surface area contributed by atoms with Crippen molar-refractivity contribution in [2.75, 3.05) is 0 Å². The van der Waals surface area contributed by atoms with Crippen LogP contribution in [0.1, 0.15) is 0 Å². The van der Waals surface area contributed by atoms with Crippen molar-refractivity contribution in [1.29, 1.82) is 0 Å². The number of fused-ring (bicyclic) bond motifs is 13. The molecule has 13 rings (SSSR count). The predicted octanol–water partition coefficient (Wildman–Crippen LogP) is 14.2. The lowest BCUT2D eigenvalue weighted by Crippen LogP contribution is -2.04. The van der Waals surface area contributed by atoms with Gasteiger partial charge in [-0.2, -0.15) is 0 Å². The van der Waals surface area contributed by atoms with Crippen LogP contribution in [0.15, 0.2) is 182 Å². The summed E-state index contributed by atoms with van der Waals surface area (Å²) in [5.74, 6) is 0.813. The van der Waals surface area contributed by atoms with Crippen molar-refractivity contribution in [1.82, 2.24) is 19.1 Å². The predicted molar refractivity (Wildman–Crippen MR) is 242 cm³/mol. The molecule has 0 saturated carbocycles. The molecule has 0 atom stereocenters. The highest BCUT2D eigenvalue weighted by Crippen LogP contribution is 2.43. The van der Waals surface area contributed by atoms with E-state index in [1.54, 1.807) is 0 Å². The minimum Gasteiger partial charge on any atom is -0.309 e. The van der Waals surface area contributed by atoms with E-state index in [0.29, 0.717) is 0 Å². The first-order chi connectivity index (χ1) is 28.2. The van der Waals surface area contributed by atoms with Crippen molar-refractivity contribution in [2.24, 2.45) is 0 Å². The fourth-order valence-corrected chi connectivity index (χ4v) is 10.4. The molecule has 9 aromatic carbocycles. The second-order valence-electron chi connectivity index (χ2n) is 15.0. The van der Waals surface area contributed by atoms with Gasteiger partial charge in [-0.05, 0) is 88.3 Å². The molecule has 0 fully saturated rings. The molecular formula is C52H30N4S. The molecule has 0 bridgehead atoms. The van der Waals surface area contributed by atoms with E-state index in [1.807, 2.05) is 23.5 Å². The average Bonchev–Trinajstić information content (AvgIpc) is 3.92. The summed E-state index contributed by atoms with van der Waals surface area (Å²) in [6.07, 6.45) is 0. The Morgan fingerprint density at radius 3 is 1.93 bits per heavy atom. The van der Waals surface area contributed by atoms with E-state index >= 15 is 0 Å². The van der Waals surface area contributed by atoms with Crippen LogP contribution in [0.25, 0.3) is 119 Å². The Balaban J connectivity index is 1.16. The van der Waals surface area contributed by atoms with Crippen LogP contribution in [0.3, 0.4) is 0 Å². The summed E-state index contributed by atoms with van der Waals surface area (Å²) in [4.78, 5) is 11.0. The van der Waals surface area contributed by atoms with Crippen LogP contribution < -0.4 is 0 Å². The van der Waals surface area contributed by atoms with Gasteiger partial charge in [-0.3, -0.25) is 4.57 Å². The molecule has 264 valence electrons. The second-order valence-corrected chi connectivity index (χ2v) is 16.1. The number of nitrogens with zero attached hydrogens (tertiary/aromatic N) is 4. The molecule has 0 amide bonds. The first kappa shape index (κ1) is 30.9. The normalized spacial score (nSPS) is 12.2. The third kappa shape index (κ3) is 4.43. The van der Waals surface area contributed by atoms with E-state index in [-0.39, 0.29) is 0 Å². The Hall–Kier alpha value is -7.34. The largest absolute Gasteiger partial charge is 0.309 e. The van der Waals surface area contributed by atoms with Gasteiger partial charge in [0.2, 0.25) is 0 Å². The van der Waals surface area contributed by atoms with Crippen LogP contribution in [-0.2, 0) is 0 Å². The summed E-state index contributed by atoms with van der Waals surface area (Å²) in [7, 11) is 0. The highest BCUT2D eigenvalue weighted by atomic mass is 32.1. The summed E-state index contributed by atoms with van der Waals surface area (Å²) in [6, 6.07) is 66.0. The average molecular weight is 743 g/mol. The lowest BCUT2D eigenvalue weighted by atomic mass is 10.0. The van der Waals surface area contributed by atoms with Gasteiger partial charge in [0.1, 0.15) is 5.69 Å². The van der Waals surface area contributed by atoms with Crippen molar-refractivity contribution in [3.8, 4) is 22.8 Å². The summed E-state index contributed by atoms with van der Waals surface area (Å²) < 4.78 is 7.35. The van der Waals surface area contributed by atoms with Crippen molar-refractivity contribution in [3.63, 3.8) is 0 Å². The number of benzene rings is 9. The molecule has 0 spiro atoms. The molecule has 0 radical (unpaired) electrons. The third-order valence-corrected chi connectivity index (χ3v) is 13.0. The number of aromatic nitrogens is 4. The number of thiophene rings is 1. The quantitative estimate of drug-likeness (QED) is 0.181. The molecule has 57 heavy (non-hydrogen) atoms. The summed E-state index contributed by atoms with van der Waals surface area (Å²) in [6.45, 7) is 0. The van der Waals surface area contributed by atoms with Gasteiger partial charge in [-0.25, -0.2) is 9.97 Å². The molecular weight excluding hydrogens is 713 g/mol. The van der Waals surface area contributed by atoms with Crippen LogP contribution in [-0.4, -0.2) is 19.1 Å². The fraction of sp³-hybridized carbons (Fsp3) is 0. The summed E-state index contributed by atoms with van der Waals surface area (Å²) >= 11 is 1.83. The zero-order valence-corrected chi connectivity index (χ0v) is 31.3. The van der Waals surface area contributed by atoms with Crippen LogP contribution in [0.5, 0.6) is 0 Å². The lowest BCUT2D eigenvalue weighted by Gasteiger charge is -2.15. The van der Waals surface area contributed by atoms with Crippen LogP contribution in [0.2, 0.25) is 0 Å². The standard InChI is InChI=1S/C52H30N4S/c1-2-13-33-29-46-40(27-32(33)12-1)37-15-5-9-19-44(37)55(46)35-23-24-39-47(30-35)56(45-25-21-31-11-3-4-14-36(31)50(39)45)52-51(53-42-17-7-8-18-43(42)54-52)34-22-26-49-41(28-34)38-16-6-10-20-48(38)57-49/h1-30H. The van der Waals surface area contributed by atoms with Gasteiger partial charge in [0.05, 0.1) is 33.1 Å². The van der Waals surface area contributed by atoms with Gasteiger partial charge in [-0.15, -0.1) is 11.3 Å². The highest BCUT2D eigenvalue weighted by Gasteiger charge is 2.23. The Morgan fingerprint density at radius 1 is 0.368 bits per heavy atom. The van der Waals surface area contributed by atoms with Gasteiger partial charge in [0.15, 0.2) is 5.82 Å². The van der Waals surface area contributed by atoms with Gasteiger partial charge in [0.25, 0.3) is 0 Å².